The summed E-state index contributed by atoms with van der Waals surface area (Å²) in [6.45, 7) is 4.55. The highest BCUT2D eigenvalue weighted by Gasteiger charge is 2.34. The molecule has 2 aliphatic rings. The van der Waals surface area contributed by atoms with Crippen molar-refractivity contribution in [2.75, 3.05) is 26.2 Å². The van der Waals surface area contributed by atoms with Gasteiger partial charge in [-0.25, -0.2) is 12.7 Å². The highest BCUT2D eigenvalue weighted by atomic mass is 35.5. The Labute approximate surface area is 171 Å². The maximum absolute atomic E-state index is 12.8. The summed E-state index contributed by atoms with van der Waals surface area (Å²) in [5.74, 6) is 0.440. The number of sulfonamides is 1. The predicted octanol–water partition coefficient (Wildman–Crippen LogP) is 3.79. The van der Waals surface area contributed by atoms with Gasteiger partial charge >= 0.3 is 0 Å². The normalized spacial score (nSPS) is 22.8. The van der Waals surface area contributed by atoms with Crippen molar-refractivity contribution >= 4 is 39.1 Å². The van der Waals surface area contributed by atoms with Gasteiger partial charge in [0.1, 0.15) is 0 Å². The fraction of sp³-hybridized carbons (Fsp3) is 0.632. The van der Waals surface area contributed by atoms with Gasteiger partial charge in [-0.15, -0.1) is 0 Å². The van der Waals surface area contributed by atoms with E-state index in [0.29, 0.717) is 47.5 Å². The number of piperidine rings is 2. The van der Waals surface area contributed by atoms with Gasteiger partial charge in [0.05, 0.1) is 5.75 Å². The number of hydrogen-bond acceptors (Lipinski definition) is 3. The van der Waals surface area contributed by atoms with Gasteiger partial charge in [0, 0.05) is 47.7 Å². The van der Waals surface area contributed by atoms with Gasteiger partial charge in [-0.1, -0.05) is 36.2 Å². The lowest BCUT2D eigenvalue weighted by Crippen LogP contribution is -2.47. The molecule has 2 fully saturated rings. The third-order valence-corrected chi connectivity index (χ3v) is 8.07. The summed E-state index contributed by atoms with van der Waals surface area (Å²) in [6.07, 6.45) is 3.36. The van der Waals surface area contributed by atoms with E-state index >= 15 is 0 Å². The predicted molar refractivity (Wildman–Crippen MR) is 108 cm³/mol. The lowest BCUT2D eigenvalue weighted by molar-refractivity contribution is -0.138. The van der Waals surface area contributed by atoms with E-state index in [-0.39, 0.29) is 17.6 Å². The van der Waals surface area contributed by atoms with Gasteiger partial charge in [0.2, 0.25) is 15.9 Å². The number of carbonyl (C=O) groups is 1. The topological polar surface area (TPSA) is 57.7 Å². The third-order valence-electron chi connectivity index (χ3n) is 5.55. The highest BCUT2D eigenvalue weighted by molar-refractivity contribution is 7.88. The van der Waals surface area contributed by atoms with Crippen molar-refractivity contribution in [2.45, 2.75) is 38.4 Å². The van der Waals surface area contributed by atoms with Crippen LogP contribution < -0.4 is 0 Å². The van der Waals surface area contributed by atoms with Crippen LogP contribution in [-0.4, -0.2) is 49.7 Å². The minimum Gasteiger partial charge on any atom is -0.342 e. The Morgan fingerprint density at radius 2 is 1.74 bits per heavy atom. The molecule has 0 saturated carbocycles. The van der Waals surface area contributed by atoms with E-state index in [4.69, 9.17) is 23.2 Å². The monoisotopic (exact) mass is 432 g/mol. The number of amides is 1. The van der Waals surface area contributed by atoms with Crippen LogP contribution in [0, 0.1) is 11.8 Å². The molecule has 27 heavy (non-hydrogen) atoms. The van der Waals surface area contributed by atoms with Crippen LogP contribution in [0.1, 0.15) is 38.2 Å². The van der Waals surface area contributed by atoms with Crippen LogP contribution in [0.4, 0.5) is 0 Å². The number of rotatable bonds is 4. The number of halogens is 2. The molecule has 5 nitrogen and oxygen atoms in total. The van der Waals surface area contributed by atoms with Crippen LogP contribution in [0.2, 0.25) is 10.0 Å². The molecule has 0 N–H and O–H groups in total. The van der Waals surface area contributed by atoms with Gasteiger partial charge in [0.15, 0.2) is 0 Å². The van der Waals surface area contributed by atoms with Gasteiger partial charge in [-0.05, 0) is 43.7 Å². The Morgan fingerprint density at radius 3 is 2.33 bits per heavy atom. The second kappa shape index (κ2) is 8.68. The maximum atomic E-state index is 12.8. The first kappa shape index (κ1) is 20.9. The molecule has 150 valence electrons. The van der Waals surface area contributed by atoms with Crippen molar-refractivity contribution in [2.24, 2.45) is 11.8 Å². The van der Waals surface area contributed by atoms with Crippen LogP contribution in [0.5, 0.6) is 0 Å². The minimum absolute atomic E-state index is 0.0781. The first-order valence-corrected chi connectivity index (χ1v) is 11.8. The molecule has 0 spiro atoms. The Balaban J connectivity index is 1.60. The molecule has 0 bridgehead atoms. The minimum atomic E-state index is -3.52. The molecule has 0 unspecified atom stereocenters. The highest BCUT2D eigenvalue weighted by Crippen LogP contribution is 2.29. The molecule has 8 heteroatoms. The van der Waals surface area contributed by atoms with Crippen molar-refractivity contribution in [1.82, 2.24) is 9.21 Å². The summed E-state index contributed by atoms with van der Waals surface area (Å²) < 4.78 is 27.1. The zero-order chi connectivity index (χ0) is 19.6. The number of carbonyl (C=O) groups excluding carboxylic acids is 1. The van der Waals surface area contributed by atoms with E-state index in [0.717, 1.165) is 19.5 Å². The van der Waals surface area contributed by atoms with E-state index in [1.807, 2.05) is 4.90 Å². The van der Waals surface area contributed by atoms with Gasteiger partial charge in [-0.3, -0.25) is 4.79 Å². The van der Waals surface area contributed by atoms with E-state index in [1.54, 1.807) is 18.2 Å². The third kappa shape index (κ3) is 4.97. The molecule has 0 radical (unpaired) electrons. The molecule has 1 atom stereocenters. The number of nitrogens with zero attached hydrogens (tertiary/aromatic N) is 2. The Morgan fingerprint density at radius 1 is 1.11 bits per heavy atom. The summed E-state index contributed by atoms with van der Waals surface area (Å²) >= 11 is 12.2. The van der Waals surface area contributed by atoms with Gasteiger partial charge in [-0.2, -0.15) is 0 Å². The Kier molecular flexibility index (Phi) is 6.72. The average Bonchev–Trinajstić information content (AvgIpc) is 2.64. The lowest BCUT2D eigenvalue weighted by Gasteiger charge is -2.36. The molecule has 3 rings (SSSR count). The Hall–Kier alpha value is -0.820. The van der Waals surface area contributed by atoms with Crippen molar-refractivity contribution in [3.8, 4) is 0 Å². The summed E-state index contributed by atoms with van der Waals surface area (Å²) in [5.41, 5.74) is 0.432. The number of hydrogen-bond donors (Lipinski definition) is 0. The fourth-order valence-electron chi connectivity index (χ4n) is 3.97. The maximum Gasteiger partial charge on any atom is 0.225 e. The van der Waals surface area contributed by atoms with Crippen LogP contribution in [-0.2, 0) is 20.6 Å². The summed E-state index contributed by atoms with van der Waals surface area (Å²) in [5, 5.41) is 0.714. The fourth-order valence-corrected chi connectivity index (χ4v) is 6.29. The first-order valence-electron chi connectivity index (χ1n) is 9.47. The van der Waals surface area contributed by atoms with Crippen molar-refractivity contribution in [3.05, 3.63) is 33.8 Å². The lowest BCUT2D eigenvalue weighted by atomic mass is 9.93. The zero-order valence-corrected chi connectivity index (χ0v) is 17.9. The van der Waals surface area contributed by atoms with Gasteiger partial charge in [0.25, 0.3) is 0 Å². The molecule has 2 heterocycles. The van der Waals surface area contributed by atoms with Crippen LogP contribution in [0.25, 0.3) is 0 Å². The second-order valence-electron chi connectivity index (χ2n) is 7.66. The summed E-state index contributed by atoms with van der Waals surface area (Å²) in [7, 11) is -3.52. The van der Waals surface area contributed by atoms with Crippen molar-refractivity contribution in [3.63, 3.8) is 0 Å². The molecule has 1 aromatic rings. The summed E-state index contributed by atoms with van der Waals surface area (Å²) in [4.78, 5) is 14.7. The molecule has 0 aromatic heterocycles. The zero-order valence-electron chi connectivity index (χ0n) is 15.5. The van der Waals surface area contributed by atoms with E-state index in [1.165, 1.54) is 10.7 Å². The van der Waals surface area contributed by atoms with Crippen LogP contribution in [0.15, 0.2) is 18.2 Å². The van der Waals surface area contributed by atoms with Gasteiger partial charge < -0.3 is 4.90 Å². The van der Waals surface area contributed by atoms with Crippen molar-refractivity contribution in [1.29, 1.82) is 0 Å². The molecule has 1 aromatic carbocycles. The molecule has 2 saturated heterocycles. The first-order chi connectivity index (χ1) is 12.8. The van der Waals surface area contributed by atoms with E-state index in [2.05, 4.69) is 6.92 Å². The summed E-state index contributed by atoms with van der Waals surface area (Å²) in [6, 6.07) is 4.98. The molecule has 0 aliphatic carbocycles. The second-order valence-corrected chi connectivity index (χ2v) is 10.4. The average molecular weight is 433 g/mol. The molecule has 1 amide bonds. The molecule has 2 aliphatic heterocycles. The van der Waals surface area contributed by atoms with Crippen molar-refractivity contribution < 1.29 is 13.2 Å². The SMILES string of the molecule is C[C@H]1CCCN(C(=O)C2CCN(S(=O)(=O)Cc3c(Cl)cccc3Cl)CC2)C1. The number of likely N-dealkylation sites (tertiary alicyclic amines) is 1. The Bertz CT molecular complexity index is 772. The van der Waals surface area contributed by atoms with E-state index < -0.39 is 10.0 Å². The molecular weight excluding hydrogens is 407 g/mol. The number of benzene rings is 1. The van der Waals surface area contributed by atoms with Crippen LogP contribution >= 0.6 is 23.2 Å². The van der Waals surface area contributed by atoms with E-state index in [9.17, 15) is 13.2 Å². The standard InChI is InChI=1S/C19H26Cl2N2O3S/c1-14-4-3-9-22(12-14)19(24)15-7-10-23(11-8-15)27(25,26)13-16-17(20)5-2-6-18(16)21/h2,5-6,14-15H,3-4,7-13H2,1H3/t14-/m0/s1. The largest absolute Gasteiger partial charge is 0.342 e. The quantitative estimate of drug-likeness (QED) is 0.726. The van der Waals surface area contributed by atoms with Crippen LogP contribution in [0.3, 0.4) is 0 Å². The smallest absolute Gasteiger partial charge is 0.225 e. The molecular formula is C19H26Cl2N2O3S.